The second-order valence-corrected chi connectivity index (χ2v) is 6.00. The molecule has 0 spiro atoms. The first kappa shape index (κ1) is 17.7. The SMILES string of the molecule is CCOCCCOC(c1cccc(Cl)c1F)[C@@H]1CCCNC1. The fraction of sp³-hybridized carbons (Fsp3) is 0.647. The Labute approximate surface area is 137 Å². The van der Waals surface area contributed by atoms with Crippen LogP contribution in [0.5, 0.6) is 0 Å². The molecule has 1 aromatic carbocycles. The van der Waals surface area contributed by atoms with Crippen molar-refractivity contribution >= 4 is 11.6 Å². The van der Waals surface area contributed by atoms with Crippen LogP contribution in [0.15, 0.2) is 18.2 Å². The van der Waals surface area contributed by atoms with Crippen LogP contribution in [0.4, 0.5) is 4.39 Å². The Morgan fingerprint density at radius 2 is 2.27 bits per heavy atom. The first-order valence-electron chi connectivity index (χ1n) is 8.08. The van der Waals surface area contributed by atoms with Gasteiger partial charge in [0.1, 0.15) is 5.82 Å². The Kier molecular flexibility index (Phi) is 7.60. The molecule has 22 heavy (non-hydrogen) atoms. The molecule has 1 aliphatic heterocycles. The minimum Gasteiger partial charge on any atom is -0.382 e. The molecule has 2 rings (SSSR count). The highest BCUT2D eigenvalue weighted by molar-refractivity contribution is 6.30. The summed E-state index contributed by atoms with van der Waals surface area (Å²) in [5, 5.41) is 3.53. The lowest BCUT2D eigenvalue weighted by molar-refractivity contribution is -0.00906. The van der Waals surface area contributed by atoms with Gasteiger partial charge in [0.05, 0.1) is 11.1 Å². The summed E-state index contributed by atoms with van der Waals surface area (Å²) in [5.74, 6) is -0.0849. The van der Waals surface area contributed by atoms with E-state index in [9.17, 15) is 4.39 Å². The maximum absolute atomic E-state index is 14.4. The van der Waals surface area contributed by atoms with Crippen molar-refractivity contribution in [2.75, 3.05) is 32.9 Å². The van der Waals surface area contributed by atoms with E-state index in [0.717, 1.165) is 32.4 Å². The number of rotatable bonds is 8. The lowest BCUT2D eigenvalue weighted by Gasteiger charge is -2.31. The van der Waals surface area contributed by atoms with Crippen molar-refractivity contribution in [3.8, 4) is 0 Å². The van der Waals surface area contributed by atoms with E-state index in [2.05, 4.69) is 5.32 Å². The molecule has 5 heteroatoms. The van der Waals surface area contributed by atoms with Crippen LogP contribution in [0.3, 0.4) is 0 Å². The highest BCUT2D eigenvalue weighted by Crippen LogP contribution is 2.34. The number of benzene rings is 1. The van der Waals surface area contributed by atoms with Crippen molar-refractivity contribution in [1.29, 1.82) is 0 Å². The molecular formula is C17H25ClFNO2. The predicted octanol–water partition coefficient (Wildman–Crippen LogP) is 3.96. The molecule has 0 radical (unpaired) electrons. The Morgan fingerprint density at radius 1 is 1.41 bits per heavy atom. The van der Waals surface area contributed by atoms with E-state index in [1.165, 1.54) is 0 Å². The molecule has 1 saturated heterocycles. The van der Waals surface area contributed by atoms with Crippen molar-refractivity contribution in [2.45, 2.75) is 32.3 Å². The van der Waals surface area contributed by atoms with Gasteiger partial charge >= 0.3 is 0 Å². The maximum Gasteiger partial charge on any atom is 0.147 e. The standard InChI is InChI=1S/C17H25ClFNO2/c1-2-21-10-5-11-22-17(13-6-4-9-20-12-13)14-7-3-8-15(18)16(14)19/h3,7-8,13,17,20H,2,4-6,9-12H2,1H3/t13-,17?/m1/s1. The zero-order valence-electron chi connectivity index (χ0n) is 13.1. The normalized spacial score (nSPS) is 20.0. The smallest absolute Gasteiger partial charge is 0.147 e. The van der Waals surface area contributed by atoms with Gasteiger partial charge in [-0.3, -0.25) is 0 Å². The molecule has 1 N–H and O–H groups in total. The molecule has 3 nitrogen and oxygen atoms in total. The quantitative estimate of drug-likeness (QED) is 0.732. The van der Waals surface area contributed by atoms with Gasteiger partial charge in [-0.25, -0.2) is 4.39 Å². The van der Waals surface area contributed by atoms with Crippen LogP contribution in [0.2, 0.25) is 5.02 Å². The van der Waals surface area contributed by atoms with Crippen LogP contribution in [0.1, 0.15) is 37.9 Å². The highest BCUT2D eigenvalue weighted by Gasteiger charge is 2.28. The van der Waals surface area contributed by atoms with E-state index in [-0.39, 0.29) is 22.9 Å². The van der Waals surface area contributed by atoms with Crippen LogP contribution in [0, 0.1) is 11.7 Å². The highest BCUT2D eigenvalue weighted by atomic mass is 35.5. The molecule has 124 valence electrons. The zero-order chi connectivity index (χ0) is 15.8. The average Bonchev–Trinajstić information content (AvgIpc) is 2.55. The second-order valence-electron chi connectivity index (χ2n) is 5.59. The third kappa shape index (κ3) is 4.92. The molecule has 0 aromatic heterocycles. The van der Waals surface area contributed by atoms with Crippen LogP contribution in [-0.4, -0.2) is 32.9 Å². The van der Waals surface area contributed by atoms with Crippen molar-refractivity contribution in [2.24, 2.45) is 5.92 Å². The van der Waals surface area contributed by atoms with Crippen LogP contribution in [0.25, 0.3) is 0 Å². The molecule has 1 unspecified atom stereocenters. The monoisotopic (exact) mass is 329 g/mol. The van der Waals surface area contributed by atoms with E-state index in [4.69, 9.17) is 21.1 Å². The van der Waals surface area contributed by atoms with Crippen LogP contribution < -0.4 is 5.32 Å². The molecular weight excluding hydrogens is 305 g/mol. The summed E-state index contributed by atoms with van der Waals surface area (Å²) in [6.07, 6.45) is 2.68. The molecule has 0 amide bonds. The number of nitrogens with one attached hydrogen (secondary N) is 1. The Morgan fingerprint density at radius 3 is 3.00 bits per heavy atom. The third-order valence-corrected chi connectivity index (χ3v) is 4.28. The van der Waals surface area contributed by atoms with Crippen molar-refractivity contribution in [3.05, 3.63) is 34.6 Å². The molecule has 0 aliphatic carbocycles. The molecule has 0 bridgehead atoms. The summed E-state index contributed by atoms with van der Waals surface area (Å²) < 4.78 is 25.7. The lowest BCUT2D eigenvalue weighted by Crippen LogP contribution is -2.34. The van der Waals surface area contributed by atoms with Gasteiger partial charge in [-0.15, -0.1) is 0 Å². The summed E-state index contributed by atoms with van der Waals surface area (Å²) in [6, 6.07) is 5.14. The molecule has 0 saturated carbocycles. The predicted molar refractivity (Wildman–Crippen MR) is 86.8 cm³/mol. The lowest BCUT2D eigenvalue weighted by atomic mass is 9.89. The zero-order valence-corrected chi connectivity index (χ0v) is 13.9. The Hall–Kier alpha value is -0.680. The summed E-state index contributed by atoms with van der Waals surface area (Å²) in [5.41, 5.74) is 0.567. The van der Waals surface area contributed by atoms with Gasteiger partial charge in [-0.05, 0) is 38.8 Å². The Balaban J connectivity index is 2.05. The summed E-state index contributed by atoms with van der Waals surface area (Å²) in [4.78, 5) is 0. The first-order valence-corrected chi connectivity index (χ1v) is 8.45. The molecule has 1 heterocycles. The van der Waals surface area contributed by atoms with E-state index < -0.39 is 0 Å². The van der Waals surface area contributed by atoms with E-state index >= 15 is 0 Å². The fourth-order valence-corrected chi connectivity index (χ4v) is 3.05. The number of halogens is 2. The topological polar surface area (TPSA) is 30.5 Å². The van der Waals surface area contributed by atoms with Gasteiger partial charge in [0.15, 0.2) is 0 Å². The second kappa shape index (κ2) is 9.46. The first-order chi connectivity index (χ1) is 10.7. The number of hydrogen-bond acceptors (Lipinski definition) is 3. The van der Waals surface area contributed by atoms with Gasteiger partial charge in [0, 0.05) is 37.8 Å². The Bertz CT molecular complexity index is 452. The van der Waals surface area contributed by atoms with Gasteiger partial charge in [0.25, 0.3) is 0 Å². The van der Waals surface area contributed by atoms with E-state index in [0.29, 0.717) is 25.4 Å². The number of ether oxygens (including phenoxy) is 2. The number of hydrogen-bond donors (Lipinski definition) is 1. The minimum atomic E-state index is -0.357. The fourth-order valence-electron chi connectivity index (χ4n) is 2.87. The third-order valence-electron chi connectivity index (χ3n) is 3.99. The largest absolute Gasteiger partial charge is 0.382 e. The van der Waals surface area contributed by atoms with Crippen molar-refractivity contribution < 1.29 is 13.9 Å². The van der Waals surface area contributed by atoms with E-state index in [1.807, 2.05) is 6.92 Å². The molecule has 2 atom stereocenters. The van der Waals surface area contributed by atoms with E-state index in [1.54, 1.807) is 18.2 Å². The molecule has 1 aliphatic rings. The van der Waals surface area contributed by atoms with Gasteiger partial charge in [0.2, 0.25) is 0 Å². The van der Waals surface area contributed by atoms with Crippen LogP contribution in [-0.2, 0) is 9.47 Å². The van der Waals surface area contributed by atoms with Gasteiger partial charge in [-0.1, -0.05) is 23.7 Å². The van der Waals surface area contributed by atoms with Crippen molar-refractivity contribution in [3.63, 3.8) is 0 Å². The molecule has 1 fully saturated rings. The average molecular weight is 330 g/mol. The van der Waals surface area contributed by atoms with Crippen LogP contribution >= 0.6 is 11.6 Å². The van der Waals surface area contributed by atoms with Crippen molar-refractivity contribution in [1.82, 2.24) is 5.32 Å². The molecule has 1 aromatic rings. The summed E-state index contributed by atoms with van der Waals surface area (Å²) in [7, 11) is 0. The summed E-state index contributed by atoms with van der Waals surface area (Å²) in [6.45, 7) is 5.78. The van der Waals surface area contributed by atoms with Gasteiger partial charge in [-0.2, -0.15) is 0 Å². The van der Waals surface area contributed by atoms with Gasteiger partial charge < -0.3 is 14.8 Å². The summed E-state index contributed by atoms with van der Waals surface area (Å²) >= 11 is 5.93. The number of piperidine rings is 1. The maximum atomic E-state index is 14.4. The minimum absolute atomic E-state index is 0.157.